The van der Waals surface area contributed by atoms with E-state index >= 15 is 0 Å². The molecule has 2 aromatic heterocycles. The normalized spacial score (nSPS) is 14.1. The van der Waals surface area contributed by atoms with Crippen LogP contribution in [0, 0.1) is 6.92 Å². The lowest BCUT2D eigenvalue weighted by Crippen LogP contribution is -2.34. The summed E-state index contributed by atoms with van der Waals surface area (Å²) in [7, 11) is 0. The Morgan fingerprint density at radius 1 is 0.439 bits per heavy atom. The summed E-state index contributed by atoms with van der Waals surface area (Å²) in [5.41, 5.74) is 15.5. The molecule has 0 bridgehead atoms. The second-order valence-corrected chi connectivity index (χ2v) is 14.9. The molecule has 0 spiro atoms. The number of nitrogens with one attached hydrogen (secondary N) is 1. The largest absolute Gasteiger partial charge is 0.345 e. The van der Waals surface area contributed by atoms with Gasteiger partial charge in [-0.05, 0) is 106 Å². The van der Waals surface area contributed by atoms with Crippen molar-refractivity contribution in [1.29, 1.82) is 0 Å². The second kappa shape index (κ2) is 13.4. The van der Waals surface area contributed by atoms with E-state index in [9.17, 15) is 0 Å². The first-order chi connectivity index (χ1) is 28.2. The fourth-order valence-corrected chi connectivity index (χ4v) is 8.82. The summed E-state index contributed by atoms with van der Waals surface area (Å²) in [5, 5.41) is 8.70. The van der Waals surface area contributed by atoms with Crippen LogP contribution in [0.15, 0.2) is 205 Å². The number of aryl methyl sites for hydroxylation is 1. The molecular formula is C53H38N4. The van der Waals surface area contributed by atoms with Crippen LogP contribution >= 0.6 is 0 Å². The summed E-state index contributed by atoms with van der Waals surface area (Å²) >= 11 is 0. The highest BCUT2D eigenvalue weighted by atomic mass is 15.2. The maximum atomic E-state index is 4.94. The lowest BCUT2D eigenvalue weighted by atomic mass is 9.93. The third-order valence-corrected chi connectivity index (χ3v) is 11.6. The van der Waals surface area contributed by atoms with Gasteiger partial charge in [-0.3, -0.25) is 4.57 Å². The Labute approximate surface area is 331 Å². The summed E-state index contributed by atoms with van der Waals surface area (Å²) in [6.07, 6.45) is 4.09. The molecule has 4 nitrogen and oxygen atoms in total. The Morgan fingerprint density at radius 3 is 1.86 bits per heavy atom. The molecule has 8 aromatic carbocycles. The van der Waals surface area contributed by atoms with Crippen LogP contribution in [0.3, 0.4) is 0 Å². The fourth-order valence-electron chi connectivity index (χ4n) is 8.82. The van der Waals surface area contributed by atoms with Gasteiger partial charge >= 0.3 is 0 Å². The quantitative estimate of drug-likeness (QED) is 0.188. The van der Waals surface area contributed by atoms with Crippen LogP contribution in [0.5, 0.6) is 0 Å². The molecule has 0 fully saturated rings. The number of hydrogen-bond acceptors (Lipinski definition) is 2. The predicted molar refractivity (Wildman–Crippen MR) is 239 cm³/mol. The van der Waals surface area contributed by atoms with Crippen LogP contribution in [0.4, 0.5) is 0 Å². The zero-order valence-electron chi connectivity index (χ0n) is 31.5. The molecule has 1 atom stereocenters. The number of hydrogen-bond donors (Lipinski definition) is 1. The first kappa shape index (κ1) is 33.0. The van der Waals surface area contributed by atoms with Crippen molar-refractivity contribution in [3.05, 3.63) is 211 Å². The molecule has 1 N–H and O–H groups in total. The predicted octanol–water partition coefficient (Wildman–Crippen LogP) is 13.3. The number of rotatable bonds is 5. The Hall–Kier alpha value is -7.43. The Bertz CT molecular complexity index is 3220. The molecule has 270 valence electrons. The number of para-hydroxylation sites is 3. The van der Waals surface area contributed by atoms with Crippen molar-refractivity contribution in [3.8, 4) is 39.1 Å². The van der Waals surface area contributed by atoms with Gasteiger partial charge in [-0.25, -0.2) is 4.99 Å². The average Bonchev–Trinajstić information content (AvgIpc) is 3.79. The molecule has 0 amide bonds. The van der Waals surface area contributed by atoms with Crippen LogP contribution in [0.1, 0.15) is 17.2 Å². The molecule has 1 unspecified atom stereocenters. The number of fused-ring (bicyclic) bond motifs is 6. The highest BCUT2D eigenvalue weighted by Gasteiger charge is 2.21. The third-order valence-electron chi connectivity index (χ3n) is 11.6. The number of aliphatic imine (C=N–C) groups is 1. The first-order valence-electron chi connectivity index (χ1n) is 19.6. The molecule has 11 rings (SSSR count). The van der Waals surface area contributed by atoms with E-state index in [-0.39, 0.29) is 6.04 Å². The summed E-state index contributed by atoms with van der Waals surface area (Å²) < 4.78 is 4.66. The summed E-state index contributed by atoms with van der Waals surface area (Å²) in [5.74, 6) is 0.809. The summed E-state index contributed by atoms with van der Waals surface area (Å²) in [4.78, 5) is 4.94. The van der Waals surface area contributed by atoms with Crippen LogP contribution in [0.25, 0.3) is 82.7 Å². The minimum absolute atomic E-state index is 0.0417. The van der Waals surface area contributed by atoms with Crippen molar-refractivity contribution in [1.82, 2.24) is 14.5 Å². The van der Waals surface area contributed by atoms with Crippen LogP contribution in [-0.4, -0.2) is 15.1 Å². The third kappa shape index (κ3) is 5.57. The monoisotopic (exact) mass is 730 g/mol. The molecule has 3 heterocycles. The van der Waals surface area contributed by atoms with Gasteiger partial charge in [-0.1, -0.05) is 140 Å². The molecule has 4 heteroatoms. The van der Waals surface area contributed by atoms with Crippen LogP contribution in [0.2, 0.25) is 0 Å². The van der Waals surface area contributed by atoms with E-state index in [4.69, 9.17) is 4.99 Å². The molecular weight excluding hydrogens is 693 g/mol. The highest BCUT2D eigenvalue weighted by Crippen LogP contribution is 2.38. The first-order valence-corrected chi connectivity index (χ1v) is 19.6. The van der Waals surface area contributed by atoms with Gasteiger partial charge in [0.05, 0.1) is 28.1 Å². The molecule has 0 radical (unpaired) electrons. The minimum Gasteiger partial charge on any atom is -0.345 e. The van der Waals surface area contributed by atoms with E-state index in [0.717, 1.165) is 22.7 Å². The summed E-state index contributed by atoms with van der Waals surface area (Å²) in [6, 6.07) is 67.9. The van der Waals surface area contributed by atoms with Gasteiger partial charge in [-0.15, -0.1) is 0 Å². The SMILES string of the molecule is Cc1cc(-c2ccccc2)ccc1-c1cccc(C2C=CN=C(n3c4ccccc4c4cc(-c5ccc6c7ccccc7n(-c7ccccc7)c6c5)ccc43)N2)c1. The van der Waals surface area contributed by atoms with Crippen LogP contribution in [-0.2, 0) is 0 Å². The maximum absolute atomic E-state index is 4.94. The van der Waals surface area contributed by atoms with E-state index in [0.29, 0.717) is 0 Å². The van der Waals surface area contributed by atoms with E-state index in [1.165, 1.54) is 77.1 Å². The fraction of sp³-hybridized carbons (Fsp3) is 0.0377. The van der Waals surface area contributed by atoms with Gasteiger partial charge in [0.2, 0.25) is 5.96 Å². The lowest BCUT2D eigenvalue weighted by Gasteiger charge is -2.23. The maximum Gasteiger partial charge on any atom is 0.208 e. The number of benzene rings is 8. The standard InChI is InChI=1S/C53H38N4/c1-35-31-37(36-13-4-2-5-14-36)23-26-43(35)40-15-12-16-41(32-40)48-29-30-54-53(55-48)57-50-22-11-9-20-45(50)47-33-38(25-28-51(47)57)39-24-27-46-44-19-8-10-21-49(44)56(52(46)34-39)42-17-6-3-7-18-42/h2-34,48H,1H3,(H,54,55). The second-order valence-electron chi connectivity index (χ2n) is 14.9. The average molecular weight is 731 g/mol. The minimum atomic E-state index is -0.0417. The van der Waals surface area contributed by atoms with Crippen molar-refractivity contribution in [2.24, 2.45) is 4.99 Å². The number of nitrogens with zero attached hydrogens (tertiary/aromatic N) is 3. The Balaban J connectivity index is 0.954. The van der Waals surface area contributed by atoms with Gasteiger partial charge in [0, 0.05) is 33.4 Å². The smallest absolute Gasteiger partial charge is 0.208 e. The summed E-state index contributed by atoms with van der Waals surface area (Å²) in [6.45, 7) is 2.20. The van der Waals surface area contributed by atoms with Crippen molar-refractivity contribution in [2.75, 3.05) is 0 Å². The van der Waals surface area contributed by atoms with E-state index in [1.54, 1.807) is 0 Å². The van der Waals surface area contributed by atoms with Crippen molar-refractivity contribution in [2.45, 2.75) is 13.0 Å². The Kier molecular flexibility index (Phi) is 7.75. The molecule has 1 aliphatic heterocycles. The van der Waals surface area contributed by atoms with E-state index in [2.05, 4.69) is 216 Å². The zero-order valence-corrected chi connectivity index (χ0v) is 31.5. The van der Waals surface area contributed by atoms with Gasteiger partial charge in [0.15, 0.2) is 0 Å². The van der Waals surface area contributed by atoms with Gasteiger partial charge in [0.25, 0.3) is 0 Å². The van der Waals surface area contributed by atoms with Gasteiger partial charge in [0.1, 0.15) is 0 Å². The van der Waals surface area contributed by atoms with Gasteiger partial charge < -0.3 is 9.88 Å². The van der Waals surface area contributed by atoms with Crippen molar-refractivity contribution in [3.63, 3.8) is 0 Å². The van der Waals surface area contributed by atoms with E-state index in [1.807, 2.05) is 6.20 Å². The van der Waals surface area contributed by atoms with E-state index < -0.39 is 0 Å². The molecule has 1 aliphatic rings. The zero-order chi connectivity index (χ0) is 37.9. The highest BCUT2D eigenvalue weighted by molar-refractivity contribution is 6.15. The van der Waals surface area contributed by atoms with Gasteiger partial charge in [-0.2, -0.15) is 0 Å². The van der Waals surface area contributed by atoms with Crippen molar-refractivity contribution < 1.29 is 0 Å². The van der Waals surface area contributed by atoms with Crippen LogP contribution < -0.4 is 5.32 Å². The number of aromatic nitrogens is 2. The molecule has 10 aromatic rings. The van der Waals surface area contributed by atoms with Crippen molar-refractivity contribution >= 4 is 49.6 Å². The molecule has 0 saturated carbocycles. The lowest BCUT2D eigenvalue weighted by molar-refractivity contribution is 0.756. The molecule has 57 heavy (non-hydrogen) atoms. The topological polar surface area (TPSA) is 34.2 Å². The molecule has 0 saturated heterocycles. The Morgan fingerprint density at radius 2 is 1.05 bits per heavy atom. The molecule has 0 aliphatic carbocycles.